The first kappa shape index (κ1) is 18.3. The number of aromatic nitrogens is 5. The second-order valence-electron chi connectivity index (χ2n) is 6.80. The van der Waals surface area contributed by atoms with Crippen molar-refractivity contribution in [3.63, 3.8) is 0 Å². The van der Waals surface area contributed by atoms with E-state index in [1.54, 1.807) is 23.7 Å². The Morgan fingerprint density at radius 2 is 1.90 bits per heavy atom. The molecule has 1 amide bonds. The highest BCUT2D eigenvalue weighted by Crippen LogP contribution is 2.23. The lowest BCUT2D eigenvalue weighted by Crippen LogP contribution is -2.24. The van der Waals surface area contributed by atoms with Gasteiger partial charge in [0.2, 0.25) is 5.91 Å². The number of benzene rings is 1. The summed E-state index contributed by atoms with van der Waals surface area (Å²) in [6.45, 7) is 0.380. The van der Waals surface area contributed by atoms with Crippen molar-refractivity contribution in [3.8, 4) is 16.9 Å². The van der Waals surface area contributed by atoms with Gasteiger partial charge in [-0.15, -0.1) is 11.3 Å². The Bertz CT molecular complexity index is 1260. The van der Waals surface area contributed by atoms with Crippen molar-refractivity contribution in [1.29, 1.82) is 0 Å². The van der Waals surface area contributed by atoms with Crippen LogP contribution in [0.2, 0.25) is 0 Å². The van der Waals surface area contributed by atoms with Crippen LogP contribution >= 0.6 is 11.3 Å². The van der Waals surface area contributed by atoms with E-state index in [2.05, 4.69) is 15.3 Å². The third kappa shape index (κ3) is 3.72. The number of amides is 1. The first-order valence-electron chi connectivity index (χ1n) is 9.48. The van der Waals surface area contributed by atoms with Gasteiger partial charge in [-0.25, -0.2) is 9.67 Å². The van der Waals surface area contributed by atoms with E-state index in [-0.39, 0.29) is 12.3 Å². The lowest BCUT2D eigenvalue weighted by Gasteiger charge is -2.04. The minimum atomic E-state index is -0.0751. The second-order valence-corrected chi connectivity index (χ2v) is 7.67. The number of hydrogen-bond acceptors (Lipinski definition) is 5. The third-order valence-electron chi connectivity index (χ3n) is 4.73. The van der Waals surface area contributed by atoms with Crippen molar-refractivity contribution in [2.75, 3.05) is 0 Å². The maximum Gasteiger partial charge on any atom is 0.226 e. The summed E-state index contributed by atoms with van der Waals surface area (Å²) in [5, 5.41) is 9.73. The molecule has 5 rings (SSSR count). The minimum Gasteiger partial charge on any atom is -0.352 e. The quantitative estimate of drug-likeness (QED) is 0.461. The van der Waals surface area contributed by atoms with Crippen LogP contribution in [0.1, 0.15) is 11.3 Å². The van der Waals surface area contributed by atoms with Crippen LogP contribution in [0.4, 0.5) is 0 Å². The predicted molar refractivity (Wildman–Crippen MR) is 115 cm³/mol. The number of carbonyl (C=O) groups excluding carboxylic acids is 1. The fourth-order valence-corrected chi connectivity index (χ4v) is 4.01. The van der Waals surface area contributed by atoms with Gasteiger partial charge < -0.3 is 5.32 Å². The van der Waals surface area contributed by atoms with Gasteiger partial charge in [-0.05, 0) is 24.3 Å². The van der Waals surface area contributed by atoms with E-state index in [0.29, 0.717) is 6.54 Å². The van der Waals surface area contributed by atoms with Gasteiger partial charge in [0, 0.05) is 54.0 Å². The standard InChI is InChI=1S/C22H18N6OS/c29-20(12-18-15-27-10-11-30-22(27)25-18)24-13-17-14-28(19-4-2-1-3-5-19)26-21(17)16-6-8-23-9-7-16/h1-11,14-15H,12-13H2,(H,24,29). The zero-order chi connectivity index (χ0) is 20.3. The largest absolute Gasteiger partial charge is 0.352 e. The fraction of sp³-hybridized carbons (Fsp3) is 0.0909. The van der Waals surface area contributed by atoms with E-state index >= 15 is 0 Å². The van der Waals surface area contributed by atoms with Crippen molar-refractivity contribution in [2.24, 2.45) is 0 Å². The van der Waals surface area contributed by atoms with Gasteiger partial charge in [0.05, 0.1) is 23.5 Å². The molecule has 0 saturated heterocycles. The molecular weight excluding hydrogens is 396 g/mol. The first-order valence-corrected chi connectivity index (χ1v) is 10.4. The summed E-state index contributed by atoms with van der Waals surface area (Å²) < 4.78 is 3.76. The van der Waals surface area contributed by atoms with E-state index in [0.717, 1.165) is 33.2 Å². The number of nitrogens with one attached hydrogen (secondary N) is 1. The highest BCUT2D eigenvalue weighted by molar-refractivity contribution is 7.15. The molecule has 148 valence electrons. The number of carbonyl (C=O) groups is 1. The highest BCUT2D eigenvalue weighted by atomic mass is 32.1. The van der Waals surface area contributed by atoms with E-state index < -0.39 is 0 Å². The first-order chi connectivity index (χ1) is 14.8. The summed E-state index contributed by atoms with van der Waals surface area (Å²) in [4.78, 5) is 22.0. The lowest BCUT2D eigenvalue weighted by molar-refractivity contribution is -0.120. The molecule has 0 spiro atoms. The maximum atomic E-state index is 12.5. The third-order valence-corrected chi connectivity index (χ3v) is 5.50. The number of thiazole rings is 1. The molecule has 1 aromatic carbocycles. The van der Waals surface area contributed by atoms with Gasteiger partial charge >= 0.3 is 0 Å². The predicted octanol–water partition coefficient (Wildman–Crippen LogP) is 3.50. The van der Waals surface area contributed by atoms with Crippen molar-refractivity contribution < 1.29 is 4.79 Å². The molecule has 0 aliphatic carbocycles. The molecule has 0 radical (unpaired) electrons. The Balaban J connectivity index is 1.36. The van der Waals surface area contributed by atoms with Gasteiger partial charge in [-0.2, -0.15) is 5.10 Å². The number of pyridine rings is 1. The number of nitrogens with zero attached hydrogens (tertiary/aromatic N) is 5. The van der Waals surface area contributed by atoms with Crippen molar-refractivity contribution in [1.82, 2.24) is 29.5 Å². The molecule has 7 nitrogen and oxygen atoms in total. The number of rotatable bonds is 6. The van der Waals surface area contributed by atoms with Crippen LogP contribution in [-0.4, -0.2) is 30.1 Å². The SMILES string of the molecule is O=C(Cc1cn2ccsc2n1)NCc1cn(-c2ccccc2)nc1-c1ccncc1. The molecule has 4 heterocycles. The Labute approximate surface area is 176 Å². The molecule has 4 aromatic heterocycles. The van der Waals surface area contributed by atoms with Crippen molar-refractivity contribution in [2.45, 2.75) is 13.0 Å². The average molecular weight is 414 g/mol. The second kappa shape index (κ2) is 7.92. The fourth-order valence-electron chi connectivity index (χ4n) is 3.29. The Hall–Kier alpha value is -3.78. The molecule has 0 atom stereocenters. The number of imidazole rings is 1. The van der Waals surface area contributed by atoms with Crippen LogP contribution in [0.5, 0.6) is 0 Å². The summed E-state index contributed by atoms with van der Waals surface area (Å²) in [5.41, 5.74) is 4.43. The van der Waals surface area contributed by atoms with Crippen LogP contribution in [0.25, 0.3) is 21.9 Å². The van der Waals surface area contributed by atoms with Crippen LogP contribution in [0, 0.1) is 0 Å². The molecule has 0 saturated carbocycles. The Morgan fingerprint density at radius 3 is 2.70 bits per heavy atom. The molecule has 30 heavy (non-hydrogen) atoms. The van der Waals surface area contributed by atoms with Gasteiger partial charge in [0.1, 0.15) is 0 Å². The molecule has 1 N–H and O–H groups in total. The molecule has 0 bridgehead atoms. The van der Waals surface area contributed by atoms with Gasteiger partial charge in [-0.3, -0.25) is 14.2 Å². The smallest absolute Gasteiger partial charge is 0.226 e. The number of fused-ring (bicyclic) bond motifs is 1. The highest BCUT2D eigenvalue weighted by Gasteiger charge is 2.14. The molecule has 5 aromatic rings. The van der Waals surface area contributed by atoms with Gasteiger partial charge in [-0.1, -0.05) is 18.2 Å². The van der Waals surface area contributed by atoms with E-state index in [9.17, 15) is 4.79 Å². The summed E-state index contributed by atoms with van der Waals surface area (Å²) in [6.07, 6.45) is 9.51. The Morgan fingerprint density at radius 1 is 1.07 bits per heavy atom. The number of para-hydroxylation sites is 1. The van der Waals surface area contributed by atoms with Crippen LogP contribution in [-0.2, 0) is 17.8 Å². The summed E-state index contributed by atoms with van der Waals surface area (Å²) in [6, 6.07) is 13.7. The minimum absolute atomic E-state index is 0.0751. The Kier molecular flexibility index (Phi) is 4.82. The van der Waals surface area contributed by atoms with Crippen LogP contribution in [0.3, 0.4) is 0 Å². The average Bonchev–Trinajstić information content (AvgIpc) is 3.48. The maximum absolute atomic E-state index is 12.5. The monoisotopic (exact) mass is 414 g/mol. The summed E-state index contributed by atoms with van der Waals surface area (Å²) in [7, 11) is 0. The van der Waals surface area contributed by atoms with Crippen molar-refractivity contribution in [3.05, 3.63) is 90.1 Å². The molecule has 0 unspecified atom stereocenters. The molecule has 8 heteroatoms. The molecule has 0 aliphatic rings. The van der Waals surface area contributed by atoms with Crippen LogP contribution in [0.15, 0.2) is 78.8 Å². The normalized spacial score (nSPS) is 11.1. The topological polar surface area (TPSA) is 77.1 Å². The van der Waals surface area contributed by atoms with Gasteiger partial charge in [0.15, 0.2) is 4.96 Å². The van der Waals surface area contributed by atoms with Gasteiger partial charge in [0.25, 0.3) is 0 Å². The molecule has 0 fully saturated rings. The zero-order valence-corrected chi connectivity index (χ0v) is 16.8. The summed E-state index contributed by atoms with van der Waals surface area (Å²) >= 11 is 1.55. The molecular formula is C22H18N6OS. The summed E-state index contributed by atoms with van der Waals surface area (Å²) in [5.74, 6) is -0.0751. The lowest BCUT2D eigenvalue weighted by atomic mass is 10.1. The number of hydrogen-bond donors (Lipinski definition) is 1. The van der Waals surface area contributed by atoms with Crippen molar-refractivity contribution >= 4 is 22.2 Å². The molecule has 0 aliphatic heterocycles. The van der Waals surface area contributed by atoms with Crippen LogP contribution < -0.4 is 5.32 Å². The zero-order valence-electron chi connectivity index (χ0n) is 16.0. The van der Waals surface area contributed by atoms with E-state index in [4.69, 9.17) is 5.10 Å². The van der Waals surface area contributed by atoms with E-state index in [1.807, 2.05) is 75.5 Å². The van der Waals surface area contributed by atoms with E-state index in [1.165, 1.54) is 0 Å².